The molecule has 1 amide bonds. The third-order valence-electron chi connectivity index (χ3n) is 2.95. The second-order valence-corrected chi connectivity index (χ2v) is 12.1. The van der Waals surface area contributed by atoms with Crippen molar-refractivity contribution in [2.24, 2.45) is 0 Å². The zero-order valence-electron chi connectivity index (χ0n) is 12.3. The Morgan fingerprint density at radius 2 is 1.46 bits per heavy atom. The summed E-state index contributed by atoms with van der Waals surface area (Å²) in [5.74, 6) is -0.224. The van der Waals surface area contributed by atoms with Crippen LogP contribution in [0.4, 0.5) is 5.69 Å². The van der Waals surface area contributed by atoms with E-state index in [-0.39, 0.29) is 5.91 Å². The minimum atomic E-state index is -0.778. The Morgan fingerprint density at radius 3 is 2.00 bits per heavy atom. The van der Waals surface area contributed by atoms with Gasteiger partial charge in [0.15, 0.2) is 7.26 Å². The number of thiocarbonyl (C=S) groups is 1. The van der Waals surface area contributed by atoms with Crippen LogP contribution in [0.15, 0.2) is 60.7 Å². The fourth-order valence-corrected chi connectivity index (χ4v) is 2.75. The monoisotopic (exact) mass is 533 g/mol. The van der Waals surface area contributed by atoms with E-state index in [1.165, 1.54) is 0 Å². The van der Waals surface area contributed by atoms with Crippen LogP contribution in [-0.2, 0) is 0 Å². The number of hydrogen-bond acceptors (Lipinski definition) is 2. The lowest BCUT2D eigenvalue weighted by molar-refractivity contribution is 0.0936. The number of nitrogens with one attached hydrogen (secondary N) is 3. The third kappa shape index (κ3) is 6.16. The van der Waals surface area contributed by atoms with E-state index in [0.29, 0.717) is 10.7 Å². The number of halogens is 3. The maximum Gasteiger partial charge on any atom is 0.252 e. The van der Waals surface area contributed by atoms with Gasteiger partial charge >= 0.3 is 0 Å². The van der Waals surface area contributed by atoms with Crippen molar-refractivity contribution in [2.75, 3.05) is 5.32 Å². The van der Waals surface area contributed by atoms with E-state index in [1.54, 1.807) is 12.1 Å². The number of carbonyl (C=O) groups excluding carboxylic acids is 1. The number of alkyl halides is 3. The molecule has 2 rings (SSSR count). The number of rotatable bonds is 4. The highest BCUT2D eigenvalue weighted by molar-refractivity contribution is 9.39. The molecule has 4 nitrogen and oxygen atoms in total. The summed E-state index contributed by atoms with van der Waals surface area (Å²) in [4.78, 5) is 12.4. The maximum absolute atomic E-state index is 12.4. The predicted octanol–water partition coefficient (Wildman–Crippen LogP) is 4.57. The molecule has 1 atom stereocenters. The lowest BCUT2D eigenvalue weighted by Crippen LogP contribution is -2.55. The average molecular weight is 536 g/mol. The smallest absolute Gasteiger partial charge is 0.252 e. The van der Waals surface area contributed by atoms with Crippen molar-refractivity contribution in [3.63, 3.8) is 0 Å². The molecule has 0 saturated heterocycles. The Bertz CT molecular complexity index is 693. The molecular formula is C16H14Br3N3OS. The lowest BCUT2D eigenvalue weighted by Gasteiger charge is -2.28. The fourth-order valence-electron chi connectivity index (χ4n) is 1.82. The maximum atomic E-state index is 12.4. The molecule has 0 spiro atoms. The van der Waals surface area contributed by atoms with Crippen molar-refractivity contribution in [1.29, 1.82) is 0 Å². The van der Waals surface area contributed by atoms with E-state index < -0.39 is 8.31 Å². The van der Waals surface area contributed by atoms with Gasteiger partial charge in [0, 0.05) is 11.3 Å². The highest BCUT2D eigenvalue weighted by Crippen LogP contribution is 2.36. The minimum absolute atomic E-state index is 0.224. The van der Waals surface area contributed by atoms with Gasteiger partial charge in [-0.1, -0.05) is 84.2 Å². The van der Waals surface area contributed by atoms with Crippen LogP contribution in [0.1, 0.15) is 10.4 Å². The molecule has 2 aromatic rings. The molecule has 0 heterocycles. The van der Waals surface area contributed by atoms with Crippen LogP contribution in [0.2, 0.25) is 0 Å². The largest absolute Gasteiger partial charge is 0.340 e. The zero-order valence-corrected chi connectivity index (χ0v) is 17.9. The number of para-hydroxylation sites is 1. The predicted molar refractivity (Wildman–Crippen MR) is 113 cm³/mol. The Morgan fingerprint density at radius 1 is 0.917 bits per heavy atom. The second-order valence-electron chi connectivity index (χ2n) is 4.78. The molecule has 8 heteroatoms. The Balaban J connectivity index is 2.03. The van der Waals surface area contributed by atoms with Crippen LogP contribution in [0, 0.1) is 0 Å². The molecule has 0 radical (unpaired) electrons. The summed E-state index contributed by atoms with van der Waals surface area (Å²) < 4.78 is -0.778. The Kier molecular flexibility index (Phi) is 7.21. The van der Waals surface area contributed by atoms with Gasteiger partial charge in [-0.15, -0.1) is 0 Å². The van der Waals surface area contributed by atoms with Gasteiger partial charge in [-0.3, -0.25) is 4.79 Å². The molecular weight excluding hydrogens is 522 g/mol. The van der Waals surface area contributed by atoms with Crippen molar-refractivity contribution < 1.29 is 4.79 Å². The number of hydrogen-bond donors (Lipinski definition) is 3. The first-order chi connectivity index (χ1) is 11.4. The van der Waals surface area contributed by atoms with Crippen molar-refractivity contribution in [1.82, 2.24) is 10.6 Å². The Hall–Kier alpha value is -0.960. The fraction of sp³-hybridized carbons (Fsp3) is 0.125. The second kappa shape index (κ2) is 8.94. The van der Waals surface area contributed by atoms with E-state index in [9.17, 15) is 4.79 Å². The first-order valence-corrected chi connectivity index (χ1v) is 9.70. The normalized spacial score (nSPS) is 12.1. The summed E-state index contributed by atoms with van der Waals surface area (Å²) in [5.41, 5.74) is 1.41. The van der Waals surface area contributed by atoms with Gasteiger partial charge in [-0.05, 0) is 36.5 Å². The van der Waals surface area contributed by atoms with Gasteiger partial charge < -0.3 is 16.0 Å². The van der Waals surface area contributed by atoms with Gasteiger partial charge in [-0.25, -0.2) is 0 Å². The zero-order chi connectivity index (χ0) is 17.6. The van der Waals surface area contributed by atoms with Crippen LogP contribution in [0.3, 0.4) is 0 Å². The van der Waals surface area contributed by atoms with Crippen molar-refractivity contribution in [2.45, 2.75) is 8.31 Å². The molecule has 0 aromatic heterocycles. The molecule has 2 aromatic carbocycles. The Labute approximate surface area is 171 Å². The van der Waals surface area contributed by atoms with Gasteiger partial charge in [0.1, 0.15) is 6.17 Å². The molecule has 0 aliphatic carbocycles. The van der Waals surface area contributed by atoms with E-state index in [2.05, 4.69) is 63.7 Å². The van der Waals surface area contributed by atoms with Crippen LogP contribution in [0.25, 0.3) is 0 Å². The highest BCUT2D eigenvalue weighted by Gasteiger charge is 2.33. The SMILES string of the molecule is O=C(NC(NC(=S)Nc1ccccc1)C(Br)(Br)Br)c1ccccc1. The summed E-state index contributed by atoms with van der Waals surface area (Å²) in [6.07, 6.45) is -0.561. The van der Waals surface area contributed by atoms with Crippen molar-refractivity contribution in [3.05, 3.63) is 66.2 Å². The topological polar surface area (TPSA) is 53.2 Å². The summed E-state index contributed by atoms with van der Waals surface area (Å²) in [6.45, 7) is 0. The van der Waals surface area contributed by atoms with E-state index in [4.69, 9.17) is 12.2 Å². The standard InChI is InChI=1S/C16H14Br3N3OS/c17-16(18,19)14(21-13(23)11-7-3-1-4-8-11)22-15(24)20-12-9-5-2-6-10-12/h1-10,14H,(H,21,23)(H2,20,22,24). The number of amides is 1. The van der Waals surface area contributed by atoms with Crippen LogP contribution in [0.5, 0.6) is 0 Å². The number of anilines is 1. The summed E-state index contributed by atoms with van der Waals surface area (Å²) in [6, 6.07) is 18.5. The summed E-state index contributed by atoms with van der Waals surface area (Å²) >= 11 is 15.6. The van der Waals surface area contributed by atoms with Gasteiger partial charge in [-0.2, -0.15) is 0 Å². The number of benzene rings is 2. The highest BCUT2D eigenvalue weighted by atomic mass is 80.0. The van der Waals surface area contributed by atoms with E-state index >= 15 is 0 Å². The molecule has 126 valence electrons. The average Bonchev–Trinajstić information content (AvgIpc) is 2.55. The van der Waals surface area contributed by atoms with Crippen molar-refractivity contribution >= 4 is 76.7 Å². The van der Waals surface area contributed by atoms with Crippen LogP contribution in [-0.4, -0.2) is 19.3 Å². The third-order valence-corrected chi connectivity index (χ3v) is 4.54. The molecule has 0 bridgehead atoms. The minimum Gasteiger partial charge on any atom is -0.340 e. The molecule has 0 aliphatic heterocycles. The summed E-state index contributed by atoms with van der Waals surface area (Å²) in [5, 5.41) is 9.37. The lowest BCUT2D eigenvalue weighted by atomic mass is 10.2. The summed E-state index contributed by atoms with van der Waals surface area (Å²) in [7, 11) is 0. The van der Waals surface area contributed by atoms with E-state index in [1.807, 2.05) is 48.5 Å². The van der Waals surface area contributed by atoms with Gasteiger partial charge in [0.05, 0.1) is 0 Å². The molecule has 1 unspecified atom stereocenters. The molecule has 0 fully saturated rings. The van der Waals surface area contributed by atoms with Crippen LogP contribution >= 0.6 is 60.0 Å². The van der Waals surface area contributed by atoms with Gasteiger partial charge in [0.2, 0.25) is 0 Å². The first-order valence-electron chi connectivity index (χ1n) is 6.91. The quantitative estimate of drug-likeness (QED) is 0.305. The van der Waals surface area contributed by atoms with E-state index in [0.717, 1.165) is 5.69 Å². The number of carbonyl (C=O) groups is 1. The van der Waals surface area contributed by atoms with Gasteiger partial charge in [0.25, 0.3) is 5.91 Å². The molecule has 0 aliphatic rings. The van der Waals surface area contributed by atoms with Crippen LogP contribution < -0.4 is 16.0 Å². The van der Waals surface area contributed by atoms with Crippen molar-refractivity contribution in [3.8, 4) is 0 Å². The molecule has 0 saturated carbocycles. The molecule has 3 N–H and O–H groups in total. The molecule has 24 heavy (non-hydrogen) atoms. The first kappa shape index (κ1) is 19.4.